The number of carbonyl (C=O) groups excluding carboxylic acids is 2. The predicted octanol–water partition coefficient (Wildman–Crippen LogP) is 4.11. The maximum Gasteiger partial charge on any atom is 0.240 e. The Morgan fingerprint density at radius 1 is 0.828 bits per heavy atom. The van der Waals surface area contributed by atoms with Gasteiger partial charge < -0.3 is 0 Å². The third-order valence-corrected chi connectivity index (χ3v) is 4.91. The van der Waals surface area contributed by atoms with E-state index in [1.54, 1.807) is 36.4 Å². The maximum atomic E-state index is 11.7. The highest BCUT2D eigenvalue weighted by atomic mass is 35.5. The number of nitrogens with zero attached hydrogens (tertiary/aromatic N) is 2. The van der Waals surface area contributed by atoms with Crippen LogP contribution < -0.4 is 10.9 Å². The Kier molecular flexibility index (Phi) is 10.3. The highest BCUT2D eigenvalue weighted by molar-refractivity contribution is 7.99. The molecular formula is C20H20Cl2N4O2S. The topological polar surface area (TPSA) is 82.9 Å². The molecule has 0 aliphatic rings. The van der Waals surface area contributed by atoms with Crippen molar-refractivity contribution in [1.82, 2.24) is 10.9 Å². The lowest BCUT2D eigenvalue weighted by Crippen LogP contribution is -2.19. The molecule has 0 heterocycles. The molecule has 2 aromatic carbocycles. The van der Waals surface area contributed by atoms with Crippen molar-refractivity contribution in [3.63, 3.8) is 0 Å². The summed E-state index contributed by atoms with van der Waals surface area (Å²) in [6.45, 7) is 0. The van der Waals surface area contributed by atoms with E-state index >= 15 is 0 Å². The largest absolute Gasteiger partial charge is 0.273 e. The van der Waals surface area contributed by atoms with Gasteiger partial charge in [0, 0.05) is 34.4 Å². The van der Waals surface area contributed by atoms with E-state index in [0.29, 0.717) is 34.4 Å². The van der Waals surface area contributed by atoms with Crippen LogP contribution in [0.4, 0.5) is 0 Å². The monoisotopic (exact) mass is 450 g/mol. The van der Waals surface area contributed by atoms with E-state index in [0.717, 1.165) is 11.1 Å². The Hall–Kier alpha value is -2.35. The van der Waals surface area contributed by atoms with Gasteiger partial charge in [0.25, 0.3) is 0 Å². The van der Waals surface area contributed by atoms with Crippen molar-refractivity contribution >= 4 is 59.2 Å². The summed E-state index contributed by atoms with van der Waals surface area (Å²) in [5.41, 5.74) is 6.53. The number of benzene rings is 2. The summed E-state index contributed by atoms with van der Waals surface area (Å²) < 4.78 is 0. The van der Waals surface area contributed by atoms with Gasteiger partial charge in [-0.3, -0.25) is 9.59 Å². The van der Waals surface area contributed by atoms with Crippen molar-refractivity contribution in [1.29, 1.82) is 0 Å². The fourth-order valence-electron chi connectivity index (χ4n) is 2.07. The summed E-state index contributed by atoms with van der Waals surface area (Å²) in [6, 6.07) is 14.3. The van der Waals surface area contributed by atoms with Crippen molar-refractivity contribution < 1.29 is 9.59 Å². The number of hydrogen-bond acceptors (Lipinski definition) is 5. The number of thioether (sulfide) groups is 1. The zero-order valence-electron chi connectivity index (χ0n) is 15.5. The molecule has 0 spiro atoms. The van der Waals surface area contributed by atoms with Gasteiger partial charge in [0.05, 0.1) is 12.4 Å². The quantitative estimate of drug-likeness (QED) is 0.324. The SMILES string of the molecule is O=C(CCSCCC(=O)N/N=C/c1cccc(Cl)c1)N/N=C/c1cccc(Cl)c1. The van der Waals surface area contributed by atoms with Crippen LogP contribution in [0.1, 0.15) is 24.0 Å². The number of nitrogens with one attached hydrogen (secondary N) is 2. The molecule has 0 atom stereocenters. The first-order chi connectivity index (χ1) is 14.0. The zero-order chi connectivity index (χ0) is 20.9. The fraction of sp³-hybridized carbons (Fsp3) is 0.200. The van der Waals surface area contributed by atoms with Gasteiger partial charge in [-0.25, -0.2) is 10.9 Å². The van der Waals surface area contributed by atoms with Crippen LogP contribution in [0.25, 0.3) is 0 Å². The summed E-state index contributed by atoms with van der Waals surface area (Å²) in [5, 5.41) is 9.00. The molecule has 152 valence electrons. The van der Waals surface area contributed by atoms with Crippen LogP contribution in [0.2, 0.25) is 10.0 Å². The Balaban J connectivity index is 1.54. The first-order valence-electron chi connectivity index (χ1n) is 8.75. The fourth-order valence-corrected chi connectivity index (χ4v) is 3.34. The summed E-state index contributed by atoms with van der Waals surface area (Å²) in [5.74, 6) is 0.813. The van der Waals surface area contributed by atoms with Crippen LogP contribution in [-0.2, 0) is 9.59 Å². The maximum absolute atomic E-state index is 11.7. The Morgan fingerprint density at radius 2 is 1.28 bits per heavy atom. The van der Waals surface area contributed by atoms with Gasteiger partial charge in [-0.1, -0.05) is 47.5 Å². The van der Waals surface area contributed by atoms with Crippen molar-refractivity contribution in [2.75, 3.05) is 11.5 Å². The highest BCUT2D eigenvalue weighted by Crippen LogP contribution is 2.09. The van der Waals surface area contributed by atoms with Crippen LogP contribution in [0.15, 0.2) is 58.7 Å². The lowest BCUT2D eigenvalue weighted by molar-refractivity contribution is -0.121. The number of rotatable bonds is 10. The molecule has 0 unspecified atom stereocenters. The summed E-state index contributed by atoms with van der Waals surface area (Å²) in [7, 11) is 0. The molecule has 0 radical (unpaired) electrons. The lowest BCUT2D eigenvalue weighted by atomic mass is 10.2. The molecule has 2 amide bonds. The lowest BCUT2D eigenvalue weighted by Gasteiger charge is -2.02. The first kappa shape index (κ1) is 22.9. The van der Waals surface area contributed by atoms with Crippen LogP contribution in [0.5, 0.6) is 0 Å². The normalized spacial score (nSPS) is 11.1. The van der Waals surface area contributed by atoms with Crippen LogP contribution in [0, 0.1) is 0 Å². The Morgan fingerprint density at radius 3 is 1.69 bits per heavy atom. The average molecular weight is 451 g/mol. The number of amides is 2. The molecule has 6 nitrogen and oxygen atoms in total. The minimum atomic E-state index is -0.189. The van der Waals surface area contributed by atoms with Gasteiger partial charge in [0.2, 0.25) is 11.8 Å². The van der Waals surface area contributed by atoms with E-state index in [-0.39, 0.29) is 11.8 Å². The molecule has 2 aromatic rings. The van der Waals surface area contributed by atoms with E-state index < -0.39 is 0 Å². The smallest absolute Gasteiger partial charge is 0.240 e. The predicted molar refractivity (Wildman–Crippen MR) is 121 cm³/mol. The first-order valence-corrected chi connectivity index (χ1v) is 10.7. The third-order valence-electron chi connectivity index (χ3n) is 3.45. The van der Waals surface area contributed by atoms with Gasteiger partial charge in [0.15, 0.2) is 0 Å². The van der Waals surface area contributed by atoms with E-state index in [9.17, 15) is 9.59 Å². The molecule has 0 aromatic heterocycles. The van der Waals surface area contributed by atoms with Crippen molar-refractivity contribution in [3.8, 4) is 0 Å². The number of hydrogen-bond donors (Lipinski definition) is 2. The van der Waals surface area contributed by atoms with Crippen LogP contribution in [-0.4, -0.2) is 35.7 Å². The van der Waals surface area contributed by atoms with Gasteiger partial charge in [-0.2, -0.15) is 22.0 Å². The van der Waals surface area contributed by atoms with Crippen molar-refractivity contribution in [3.05, 3.63) is 69.7 Å². The van der Waals surface area contributed by atoms with Crippen molar-refractivity contribution in [2.24, 2.45) is 10.2 Å². The molecule has 9 heteroatoms. The second-order valence-electron chi connectivity index (χ2n) is 5.81. The van der Waals surface area contributed by atoms with Gasteiger partial charge in [-0.05, 0) is 35.4 Å². The number of halogens is 2. The van der Waals surface area contributed by atoms with Crippen LogP contribution in [0.3, 0.4) is 0 Å². The summed E-state index contributed by atoms with van der Waals surface area (Å²) in [6.07, 6.45) is 3.69. The summed E-state index contributed by atoms with van der Waals surface area (Å²) in [4.78, 5) is 23.5. The third kappa shape index (κ3) is 10.1. The van der Waals surface area contributed by atoms with E-state index in [2.05, 4.69) is 21.1 Å². The Bertz CT molecular complexity index is 819. The van der Waals surface area contributed by atoms with Gasteiger partial charge >= 0.3 is 0 Å². The molecule has 2 N–H and O–H groups in total. The molecule has 29 heavy (non-hydrogen) atoms. The number of hydrazone groups is 2. The minimum Gasteiger partial charge on any atom is -0.273 e. The molecule has 0 aliphatic carbocycles. The standard InChI is InChI=1S/C20H20Cl2N4O2S/c21-17-5-1-3-15(11-17)13-23-25-19(27)7-9-29-10-8-20(28)26-24-14-16-4-2-6-18(22)12-16/h1-6,11-14H,7-10H2,(H,25,27)(H,26,28)/b23-13+,24-14+. The molecule has 0 saturated heterocycles. The van der Waals surface area contributed by atoms with E-state index in [4.69, 9.17) is 23.2 Å². The molecule has 0 bridgehead atoms. The average Bonchev–Trinajstić information content (AvgIpc) is 2.68. The van der Waals surface area contributed by atoms with Crippen LogP contribution >= 0.6 is 35.0 Å². The second kappa shape index (κ2) is 13.0. The summed E-state index contributed by atoms with van der Waals surface area (Å²) >= 11 is 13.3. The van der Waals surface area contributed by atoms with Gasteiger partial charge in [-0.15, -0.1) is 0 Å². The van der Waals surface area contributed by atoms with E-state index in [1.165, 1.54) is 24.2 Å². The Labute approximate surface area is 183 Å². The van der Waals surface area contributed by atoms with Gasteiger partial charge in [0.1, 0.15) is 0 Å². The molecular weight excluding hydrogens is 431 g/mol. The molecule has 2 rings (SSSR count). The zero-order valence-corrected chi connectivity index (χ0v) is 17.8. The second-order valence-corrected chi connectivity index (χ2v) is 7.91. The van der Waals surface area contributed by atoms with Crippen molar-refractivity contribution in [2.45, 2.75) is 12.8 Å². The number of carbonyl (C=O) groups is 2. The molecule has 0 aliphatic heterocycles. The highest BCUT2D eigenvalue weighted by Gasteiger charge is 2.02. The molecule has 0 saturated carbocycles. The minimum absolute atomic E-state index is 0.189. The van der Waals surface area contributed by atoms with E-state index in [1.807, 2.05) is 12.1 Å². The molecule has 0 fully saturated rings.